The van der Waals surface area contributed by atoms with Gasteiger partial charge in [0.15, 0.2) is 6.61 Å². The van der Waals surface area contributed by atoms with E-state index in [0.717, 1.165) is 10.6 Å². The van der Waals surface area contributed by atoms with E-state index in [4.69, 9.17) is 4.74 Å². The van der Waals surface area contributed by atoms with Crippen molar-refractivity contribution in [2.75, 3.05) is 18.1 Å². The number of β-amino-alcohol motifs (C(OH)–C–C–N with tert-alkyl or cyclic N) is 1. The first kappa shape index (κ1) is 25.0. The molecule has 0 fully saturated rings. The van der Waals surface area contributed by atoms with Gasteiger partial charge in [0, 0.05) is 11.4 Å². The standard InChI is InChI=1S/C21H18F6N4O3S/c1-11-28-18(29-19(33)31(11)8-14-4-5-17(35-14)21(25,26)27)30-7-12-2-3-13(34-10-20(22,23)24)6-15(12)16(32)9-30/h2-6,16,32H,7-10H2,1H3. The van der Waals surface area contributed by atoms with Crippen molar-refractivity contribution >= 4 is 17.3 Å². The molecule has 3 heterocycles. The molecule has 188 valence electrons. The number of aryl methyl sites for hydroxylation is 1. The number of rotatable bonds is 5. The summed E-state index contributed by atoms with van der Waals surface area (Å²) in [4.78, 5) is 21.9. The van der Waals surface area contributed by atoms with Crippen LogP contribution < -0.4 is 15.3 Å². The molecule has 1 aliphatic heterocycles. The Balaban J connectivity index is 1.52. The summed E-state index contributed by atoms with van der Waals surface area (Å²) in [6.07, 6.45) is -10.1. The maximum atomic E-state index is 12.8. The Labute approximate surface area is 198 Å². The summed E-state index contributed by atoms with van der Waals surface area (Å²) in [5.41, 5.74) is 0.265. The first-order chi connectivity index (χ1) is 16.3. The van der Waals surface area contributed by atoms with Gasteiger partial charge < -0.3 is 14.7 Å². The monoisotopic (exact) mass is 520 g/mol. The van der Waals surface area contributed by atoms with E-state index in [1.165, 1.54) is 36.1 Å². The topological polar surface area (TPSA) is 80.5 Å². The molecule has 0 saturated carbocycles. The molecular weight excluding hydrogens is 502 g/mol. The smallest absolute Gasteiger partial charge is 0.425 e. The molecule has 1 aromatic carbocycles. The zero-order chi connectivity index (χ0) is 25.5. The number of hydrogen-bond acceptors (Lipinski definition) is 7. The molecular formula is C21H18F6N4O3S. The number of benzene rings is 1. The fraction of sp³-hybridized carbons (Fsp3) is 0.381. The molecule has 35 heavy (non-hydrogen) atoms. The molecule has 14 heteroatoms. The van der Waals surface area contributed by atoms with Gasteiger partial charge in [-0.25, -0.2) is 4.79 Å². The van der Waals surface area contributed by atoms with Crippen LogP contribution in [0.4, 0.5) is 32.3 Å². The number of nitrogens with zero attached hydrogens (tertiary/aromatic N) is 4. The summed E-state index contributed by atoms with van der Waals surface area (Å²) in [7, 11) is 0. The number of aliphatic hydroxyl groups is 1. The van der Waals surface area contributed by atoms with Gasteiger partial charge in [0.1, 0.15) is 16.5 Å². The van der Waals surface area contributed by atoms with Gasteiger partial charge >= 0.3 is 18.0 Å². The average molecular weight is 520 g/mol. The van der Waals surface area contributed by atoms with Gasteiger partial charge in [0.05, 0.1) is 19.2 Å². The van der Waals surface area contributed by atoms with Crippen molar-refractivity contribution in [3.63, 3.8) is 0 Å². The van der Waals surface area contributed by atoms with Crippen molar-refractivity contribution < 1.29 is 36.2 Å². The largest absolute Gasteiger partial charge is 0.484 e. The minimum absolute atomic E-state index is 0.0213. The molecule has 0 amide bonds. The maximum Gasteiger partial charge on any atom is 0.425 e. The Morgan fingerprint density at radius 1 is 1.14 bits per heavy atom. The first-order valence-electron chi connectivity index (χ1n) is 10.2. The predicted octanol–water partition coefficient (Wildman–Crippen LogP) is 4.07. The highest BCUT2D eigenvalue weighted by Gasteiger charge is 2.33. The van der Waals surface area contributed by atoms with Crippen LogP contribution in [0.3, 0.4) is 0 Å². The van der Waals surface area contributed by atoms with Gasteiger partial charge in [0.25, 0.3) is 0 Å². The van der Waals surface area contributed by atoms with Gasteiger partial charge in [-0.3, -0.25) is 4.57 Å². The number of thiophene rings is 1. The van der Waals surface area contributed by atoms with E-state index in [1.807, 2.05) is 0 Å². The van der Waals surface area contributed by atoms with E-state index in [1.54, 1.807) is 0 Å². The Morgan fingerprint density at radius 2 is 1.89 bits per heavy atom. The summed E-state index contributed by atoms with van der Waals surface area (Å²) in [5.74, 6) is 0.205. The number of halogens is 6. The number of hydrogen-bond donors (Lipinski definition) is 1. The fourth-order valence-electron chi connectivity index (χ4n) is 3.62. The Morgan fingerprint density at radius 3 is 2.51 bits per heavy atom. The second-order valence-corrected chi connectivity index (χ2v) is 9.03. The van der Waals surface area contributed by atoms with Gasteiger partial charge in [0.2, 0.25) is 5.95 Å². The molecule has 0 radical (unpaired) electrons. The first-order valence-corrected chi connectivity index (χ1v) is 11.0. The molecule has 0 spiro atoms. The zero-order valence-corrected chi connectivity index (χ0v) is 18.8. The van der Waals surface area contributed by atoms with E-state index < -0.39 is 35.6 Å². The van der Waals surface area contributed by atoms with E-state index in [2.05, 4.69) is 9.97 Å². The van der Waals surface area contributed by atoms with Crippen LogP contribution in [-0.4, -0.2) is 39.0 Å². The lowest BCUT2D eigenvalue weighted by molar-refractivity contribution is -0.153. The van der Waals surface area contributed by atoms with Crippen molar-refractivity contribution in [1.29, 1.82) is 0 Å². The van der Waals surface area contributed by atoms with Gasteiger partial charge in [-0.2, -0.15) is 36.3 Å². The molecule has 4 rings (SSSR count). The lowest BCUT2D eigenvalue weighted by atomic mass is 9.97. The zero-order valence-electron chi connectivity index (χ0n) is 18.0. The highest BCUT2D eigenvalue weighted by molar-refractivity contribution is 7.12. The third kappa shape index (κ3) is 5.75. The Hall–Kier alpha value is -3.13. The molecule has 7 nitrogen and oxygen atoms in total. The number of alkyl halides is 6. The number of aliphatic hydroxyl groups excluding tert-OH is 1. The molecule has 0 saturated heterocycles. The van der Waals surface area contributed by atoms with Crippen LogP contribution in [0.15, 0.2) is 35.1 Å². The Bertz CT molecular complexity index is 1290. The molecule has 3 aromatic rings. The molecule has 2 aromatic heterocycles. The fourth-order valence-corrected chi connectivity index (χ4v) is 4.48. The quantitative estimate of drug-likeness (QED) is 0.511. The maximum absolute atomic E-state index is 12.8. The van der Waals surface area contributed by atoms with Crippen molar-refractivity contribution in [1.82, 2.24) is 14.5 Å². The summed E-state index contributed by atoms with van der Waals surface area (Å²) in [5, 5.41) is 10.6. The second kappa shape index (κ2) is 9.15. The summed E-state index contributed by atoms with van der Waals surface area (Å²) < 4.78 is 81.6. The van der Waals surface area contributed by atoms with E-state index in [0.29, 0.717) is 27.3 Å². The highest BCUT2D eigenvalue weighted by atomic mass is 32.1. The third-order valence-electron chi connectivity index (χ3n) is 5.25. The SMILES string of the molecule is Cc1nc(N2Cc3ccc(OCC(F)(F)F)cc3C(O)C2)nc(=O)n1Cc1ccc(C(F)(F)F)s1. The van der Waals surface area contributed by atoms with Crippen LogP contribution in [0.5, 0.6) is 5.75 Å². The summed E-state index contributed by atoms with van der Waals surface area (Å²) in [6, 6.07) is 6.43. The summed E-state index contributed by atoms with van der Waals surface area (Å²) >= 11 is 0.526. The second-order valence-electron chi connectivity index (χ2n) is 7.86. The van der Waals surface area contributed by atoms with E-state index in [9.17, 15) is 36.2 Å². The molecule has 1 unspecified atom stereocenters. The minimum Gasteiger partial charge on any atom is -0.484 e. The number of anilines is 1. The van der Waals surface area contributed by atoms with Gasteiger partial charge in [-0.05, 0) is 42.3 Å². The molecule has 1 N–H and O–H groups in total. The number of fused-ring (bicyclic) bond motifs is 1. The summed E-state index contributed by atoms with van der Waals surface area (Å²) in [6.45, 7) is 0.0783. The Kier molecular flexibility index (Phi) is 6.53. The van der Waals surface area contributed by atoms with Crippen LogP contribution in [0, 0.1) is 6.92 Å². The lowest BCUT2D eigenvalue weighted by Crippen LogP contribution is -2.38. The predicted molar refractivity (Wildman–Crippen MR) is 113 cm³/mol. The number of ether oxygens (including phenoxy) is 1. The molecule has 1 aliphatic rings. The van der Waals surface area contributed by atoms with Crippen LogP contribution in [-0.2, 0) is 19.3 Å². The number of aromatic nitrogens is 3. The van der Waals surface area contributed by atoms with Crippen molar-refractivity contribution in [2.45, 2.75) is 38.5 Å². The van der Waals surface area contributed by atoms with Gasteiger partial charge in [-0.15, -0.1) is 11.3 Å². The van der Waals surface area contributed by atoms with Crippen LogP contribution in [0.25, 0.3) is 0 Å². The van der Waals surface area contributed by atoms with Crippen molar-refractivity contribution in [2.24, 2.45) is 0 Å². The van der Waals surface area contributed by atoms with Crippen molar-refractivity contribution in [3.05, 3.63) is 67.5 Å². The molecule has 1 atom stereocenters. The lowest BCUT2D eigenvalue weighted by Gasteiger charge is -2.32. The van der Waals surface area contributed by atoms with Crippen LogP contribution in [0.2, 0.25) is 0 Å². The molecule has 0 bridgehead atoms. The van der Waals surface area contributed by atoms with Crippen LogP contribution in [0.1, 0.15) is 32.8 Å². The van der Waals surface area contributed by atoms with Gasteiger partial charge in [-0.1, -0.05) is 6.07 Å². The minimum atomic E-state index is -4.50. The third-order valence-corrected chi connectivity index (χ3v) is 6.36. The van der Waals surface area contributed by atoms with E-state index >= 15 is 0 Å². The van der Waals surface area contributed by atoms with Crippen molar-refractivity contribution in [3.8, 4) is 5.75 Å². The van der Waals surface area contributed by atoms with Crippen LogP contribution >= 0.6 is 11.3 Å². The highest BCUT2D eigenvalue weighted by Crippen LogP contribution is 2.35. The molecule has 0 aliphatic carbocycles. The average Bonchev–Trinajstić information content (AvgIpc) is 3.23. The van der Waals surface area contributed by atoms with E-state index in [-0.39, 0.29) is 37.2 Å². The normalized spacial score (nSPS) is 16.3.